The molecule has 0 spiro atoms. The molecule has 0 N–H and O–H groups in total. The molecule has 1 unspecified atom stereocenters. The summed E-state index contributed by atoms with van der Waals surface area (Å²) >= 11 is 0. The molecule has 0 bridgehead atoms. The van der Waals surface area contributed by atoms with E-state index in [9.17, 15) is 4.39 Å². The minimum atomic E-state index is -1.28. The Balaban J connectivity index is 1.48. The van der Waals surface area contributed by atoms with E-state index in [1.807, 2.05) is 74.5 Å². The minimum absolute atomic E-state index is 0.0397. The van der Waals surface area contributed by atoms with Crippen LogP contribution >= 0.6 is 0 Å². The molecule has 0 saturated carbocycles. The van der Waals surface area contributed by atoms with Gasteiger partial charge in [0.1, 0.15) is 18.9 Å². The fraction of sp³-hybridized carbons (Fsp3) is 0.478. The van der Waals surface area contributed by atoms with Gasteiger partial charge in [0.2, 0.25) is 0 Å². The highest BCUT2D eigenvalue weighted by atomic mass is 19.1. The van der Waals surface area contributed by atoms with E-state index in [-0.39, 0.29) is 6.61 Å². The second kappa shape index (κ2) is 8.50. The molecule has 0 aromatic heterocycles. The average molecular weight is 402 g/mol. The second-order valence-electron chi connectivity index (χ2n) is 7.98. The molecule has 4 atom stereocenters. The summed E-state index contributed by atoms with van der Waals surface area (Å²) in [6.45, 7) is 3.58. The van der Waals surface area contributed by atoms with Crippen LogP contribution in [0.1, 0.15) is 25.0 Å². The molecule has 29 heavy (non-hydrogen) atoms. The first kappa shape index (κ1) is 20.4. The normalized spacial score (nSPS) is 30.4. The van der Waals surface area contributed by atoms with E-state index in [0.29, 0.717) is 13.2 Å². The first-order chi connectivity index (χ1) is 14.0. The fourth-order valence-corrected chi connectivity index (χ4v) is 3.84. The number of ether oxygens (including phenoxy) is 5. The van der Waals surface area contributed by atoms with Crippen molar-refractivity contribution in [3.63, 3.8) is 0 Å². The number of hydrogen-bond acceptors (Lipinski definition) is 5. The molecular formula is C23H27FO5. The maximum Gasteiger partial charge on any atom is 0.190 e. The van der Waals surface area contributed by atoms with Gasteiger partial charge in [-0.2, -0.15) is 0 Å². The van der Waals surface area contributed by atoms with Crippen molar-refractivity contribution in [2.24, 2.45) is 0 Å². The molecule has 2 aliphatic heterocycles. The predicted octanol–water partition coefficient (Wildman–Crippen LogP) is 4.00. The van der Waals surface area contributed by atoms with Crippen LogP contribution in [-0.4, -0.2) is 43.2 Å². The van der Waals surface area contributed by atoms with Gasteiger partial charge in [-0.15, -0.1) is 0 Å². The maximum absolute atomic E-state index is 14.4. The minimum Gasteiger partial charge on any atom is -0.374 e. The number of alkyl halides is 1. The second-order valence-corrected chi connectivity index (χ2v) is 7.98. The van der Waals surface area contributed by atoms with Crippen molar-refractivity contribution in [1.82, 2.24) is 0 Å². The van der Waals surface area contributed by atoms with Gasteiger partial charge in [-0.05, 0) is 25.0 Å². The van der Waals surface area contributed by atoms with Crippen LogP contribution in [0.25, 0.3) is 0 Å². The lowest BCUT2D eigenvalue weighted by Gasteiger charge is -2.34. The Hall–Kier alpha value is -1.83. The highest BCUT2D eigenvalue weighted by Gasteiger charge is 2.63. The maximum atomic E-state index is 14.4. The zero-order valence-corrected chi connectivity index (χ0v) is 16.8. The van der Waals surface area contributed by atoms with Crippen molar-refractivity contribution in [2.75, 3.05) is 13.3 Å². The van der Waals surface area contributed by atoms with Gasteiger partial charge >= 0.3 is 0 Å². The van der Waals surface area contributed by atoms with Gasteiger partial charge < -0.3 is 23.7 Å². The SMILES string of the molecule is CC1(C)OC2[C@H](O1)O[C@](CF)(COCc1ccccc1)[C@@H]2OCc1ccccc1. The Kier molecular flexibility index (Phi) is 5.99. The molecule has 156 valence electrons. The van der Waals surface area contributed by atoms with E-state index in [4.69, 9.17) is 23.7 Å². The van der Waals surface area contributed by atoms with Crippen LogP contribution in [0.15, 0.2) is 60.7 Å². The third kappa shape index (κ3) is 4.52. The van der Waals surface area contributed by atoms with Crippen molar-refractivity contribution in [1.29, 1.82) is 0 Å². The zero-order valence-electron chi connectivity index (χ0n) is 16.8. The Bertz CT molecular complexity index is 784. The van der Waals surface area contributed by atoms with E-state index in [0.717, 1.165) is 11.1 Å². The van der Waals surface area contributed by atoms with E-state index in [2.05, 4.69) is 0 Å². The molecule has 2 saturated heterocycles. The van der Waals surface area contributed by atoms with Gasteiger partial charge in [0.15, 0.2) is 17.7 Å². The van der Waals surface area contributed by atoms with Crippen LogP contribution in [-0.2, 0) is 36.9 Å². The molecule has 2 heterocycles. The van der Waals surface area contributed by atoms with Crippen molar-refractivity contribution in [3.8, 4) is 0 Å². The Morgan fingerprint density at radius 3 is 2.10 bits per heavy atom. The van der Waals surface area contributed by atoms with Crippen LogP contribution in [0.4, 0.5) is 4.39 Å². The lowest BCUT2D eigenvalue weighted by atomic mass is 9.97. The third-order valence-corrected chi connectivity index (χ3v) is 5.21. The molecule has 0 aliphatic carbocycles. The average Bonchev–Trinajstić information content (AvgIpc) is 3.17. The summed E-state index contributed by atoms with van der Waals surface area (Å²) in [4.78, 5) is 0. The van der Waals surface area contributed by atoms with E-state index in [1.165, 1.54) is 0 Å². The molecule has 2 fully saturated rings. The van der Waals surface area contributed by atoms with Gasteiger partial charge in [0.05, 0.1) is 19.8 Å². The first-order valence-electron chi connectivity index (χ1n) is 9.88. The summed E-state index contributed by atoms with van der Waals surface area (Å²) in [6, 6.07) is 19.5. The first-order valence-corrected chi connectivity index (χ1v) is 9.88. The number of fused-ring (bicyclic) bond motifs is 1. The summed E-state index contributed by atoms with van der Waals surface area (Å²) in [7, 11) is 0. The topological polar surface area (TPSA) is 46.2 Å². The molecule has 0 radical (unpaired) electrons. The molecule has 4 rings (SSSR count). The van der Waals surface area contributed by atoms with Crippen LogP contribution in [0.3, 0.4) is 0 Å². The molecular weight excluding hydrogens is 375 g/mol. The van der Waals surface area contributed by atoms with Crippen molar-refractivity contribution in [2.45, 2.75) is 56.9 Å². The predicted molar refractivity (Wildman–Crippen MR) is 105 cm³/mol. The number of rotatable bonds is 8. The molecule has 2 aromatic carbocycles. The quantitative estimate of drug-likeness (QED) is 0.668. The smallest absolute Gasteiger partial charge is 0.190 e. The summed E-state index contributed by atoms with van der Waals surface area (Å²) in [5.41, 5.74) is 0.720. The monoisotopic (exact) mass is 402 g/mol. The molecule has 0 amide bonds. The largest absolute Gasteiger partial charge is 0.374 e. The summed E-state index contributed by atoms with van der Waals surface area (Å²) < 4.78 is 44.2. The van der Waals surface area contributed by atoms with Gasteiger partial charge in [-0.1, -0.05) is 60.7 Å². The highest BCUT2D eigenvalue weighted by Crippen LogP contribution is 2.44. The molecule has 5 nitrogen and oxygen atoms in total. The summed E-state index contributed by atoms with van der Waals surface area (Å²) in [5.74, 6) is -0.808. The van der Waals surface area contributed by atoms with Crippen LogP contribution in [0.5, 0.6) is 0 Å². The molecule has 2 aromatic rings. The van der Waals surface area contributed by atoms with Crippen LogP contribution < -0.4 is 0 Å². The third-order valence-electron chi connectivity index (χ3n) is 5.21. The Labute approximate surface area is 170 Å². The van der Waals surface area contributed by atoms with Gasteiger partial charge in [0, 0.05) is 0 Å². The van der Waals surface area contributed by atoms with Crippen LogP contribution in [0, 0.1) is 0 Å². The fourth-order valence-electron chi connectivity index (χ4n) is 3.84. The lowest BCUT2D eigenvalue weighted by molar-refractivity contribution is -0.257. The number of hydrogen-bond donors (Lipinski definition) is 0. The van der Waals surface area contributed by atoms with E-state index < -0.39 is 36.6 Å². The number of halogens is 1. The van der Waals surface area contributed by atoms with Gasteiger partial charge in [-0.3, -0.25) is 0 Å². The van der Waals surface area contributed by atoms with Crippen molar-refractivity contribution < 1.29 is 28.1 Å². The zero-order chi connectivity index (χ0) is 20.3. The van der Waals surface area contributed by atoms with E-state index >= 15 is 0 Å². The number of benzene rings is 2. The molecule has 6 heteroatoms. The lowest BCUT2D eigenvalue weighted by Crippen LogP contribution is -2.51. The van der Waals surface area contributed by atoms with Crippen molar-refractivity contribution >= 4 is 0 Å². The van der Waals surface area contributed by atoms with Gasteiger partial charge in [0.25, 0.3) is 0 Å². The van der Waals surface area contributed by atoms with Crippen LogP contribution in [0.2, 0.25) is 0 Å². The Morgan fingerprint density at radius 2 is 1.48 bits per heavy atom. The summed E-state index contributed by atoms with van der Waals surface area (Å²) in [5, 5.41) is 0. The van der Waals surface area contributed by atoms with Crippen molar-refractivity contribution in [3.05, 3.63) is 71.8 Å². The highest BCUT2D eigenvalue weighted by molar-refractivity contribution is 5.15. The standard InChI is InChI=1S/C23H27FO5/c1-22(2)27-19-20(26-14-18-11-7-4-8-12-18)23(15-24,29-21(19)28-22)16-25-13-17-9-5-3-6-10-17/h3-12,19-21H,13-16H2,1-2H3/t19?,20-,21-,23-/m1/s1. The van der Waals surface area contributed by atoms with E-state index in [1.54, 1.807) is 0 Å². The van der Waals surface area contributed by atoms with Gasteiger partial charge in [-0.25, -0.2) is 4.39 Å². The Morgan fingerprint density at radius 1 is 0.862 bits per heavy atom. The molecule has 2 aliphatic rings. The summed E-state index contributed by atoms with van der Waals surface area (Å²) in [6.07, 6.45) is -1.87.